The standard InChI is InChI=1S/C10H20O/c1-8(2)7-9-5-4-6-10(9,3)11/h8-9,11H,4-7H2,1-3H3. The summed E-state index contributed by atoms with van der Waals surface area (Å²) in [4.78, 5) is 0. The van der Waals surface area contributed by atoms with Crippen molar-refractivity contribution >= 4 is 0 Å². The first kappa shape index (κ1) is 9.05. The predicted octanol–water partition coefficient (Wildman–Crippen LogP) is 2.58. The molecule has 66 valence electrons. The van der Waals surface area contributed by atoms with E-state index < -0.39 is 0 Å². The number of hydrogen-bond donors (Lipinski definition) is 1. The van der Waals surface area contributed by atoms with Gasteiger partial charge >= 0.3 is 0 Å². The minimum absolute atomic E-state index is 0.357. The molecular formula is C10H20O. The molecule has 0 heterocycles. The van der Waals surface area contributed by atoms with Crippen LogP contribution in [0, 0.1) is 11.8 Å². The second-order valence-corrected chi connectivity index (χ2v) is 4.58. The van der Waals surface area contributed by atoms with Crippen LogP contribution in [0.4, 0.5) is 0 Å². The van der Waals surface area contributed by atoms with Crippen molar-refractivity contribution in [2.45, 2.75) is 52.1 Å². The largest absolute Gasteiger partial charge is 0.390 e. The van der Waals surface area contributed by atoms with E-state index >= 15 is 0 Å². The van der Waals surface area contributed by atoms with Gasteiger partial charge in [-0.2, -0.15) is 0 Å². The van der Waals surface area contributed by atoms with E-state index in [4.69, 9.17) is 0 Å². The monoisotopic (exact) mass is 156 g/mol. The Morgan fingerprint density at radius 3 is 2.55 bits per heavy atom. The van der Waals surface area contributed by atoms with Gasteiger partial charge in [0.15, 0.2) is 0 Å². The quantitative estimate of drug-likeness (QED) is 0.651. The lowest BCUT2D eigenvalue weighted by molar-refractivity contribution is 0.0132. The van der Waals surface area contributed by atoms with E-state index in [0.29, 0.717) is 5.92 Å². The molecule has 2 unspecified atom stereocenters. The second kappa shape index (κ2) is 3.14. The van der Waals surface area contributed by atoms with E-state index in [1.807, 2.05) is 6.92 Å². The van der Waals surface area contributed by atoms with E-state index in [2.05, 4.69) is 13.8 Å². The van der Waals surface area contributed by atoms with Gasteiger partial charge in [-0.1, -0.05) is 20.3 Å². The van der Waals surface area contributed by atoms with Crippen LogP contribution in [-0.4, -0.2) is 10.7 Å². The maximum atomic E-state index is 9.90. The van der Waals surface area contributed by atoms with Crippen LogP contribution in [0.2, 0.25) is 0 Å². The van der Waals surface area contributed by atoms with Crippen LogP contribution in [0.5, 0.6) is 0 Å². The minimum atomic E-state index is -0.357. The molecule has 0 bridgehead atoms. The molecule has 0 saturated heterocycles. The van der Waals surface area contributed by atoms with Gasteiger partial charge in [-0.05, 0) is 38.0 Å². The molecule has 1 rings (SSSR count). The summed E-state index contributed by atoms with van der Waals surface area (Å²) in [6, 6.07) is 0. The van der Waals surface area contributed by atoms with Crippen molar-refractivity contribution in [2.24, 2.45) is 11.8 Å². The summed E-state index contributed by atoms with van der Waals surface area (Å²) in [6.07, 6.45) is 4.63. The molecule has 1 heteroatoms. The Balaban J connectivity index is 2.45. The maximum absolute atomic E-state index is 9.90. The average Bonchev–Trinajstić information content (AvgIpc) is 2.10. The van der Waals surface area contributed by atoms with Gasteiger partial charge in [-0.25, -0.2) is 0 Å². The molecule has 1 saturated carbocycles. The van der Waals surface area contributed by atoms with Gasteiger partial charge in [0.05, 0.1) is 5.60 Å². The third-order valence-electron chi connectivity index (χ3n) is 2.87. The van der Waals surface area contributed by atoms with Gasteiger partial charge in [-0.3, -0.25) is 0 Å². The van der Waals surface area contributed by atoms with Crippen molar-refractivity contribution in [1.82, 2.24) is 0 Å². The van der Waals surface area contributed by atoms with Crippen LogP contribution in [0.1, 0.15) is 46.5 Å². The Kier molecular flexibility index (Phi) is 2.58. The molecule has 1 N–H and O–H groups in total. The Morgan fingerprint density at radius 2 is 2.18 bits per heavy atom. The first-order valence-electron chi connectivity index (χ1n) is 4.75. The summed E-state index contributed by atoms with van der Waals surface area (Å²) in [5.74, 6) is 1.28. The summed E-state index contributed by atoms with van der Waals surface area (Å²) >= 11 is 0. The van der Waals surface area contributed by atoms with Gasteiger partial charge in [0.25, 0.3) is 0 Å². The maximum Gasteiger partial charge on any atom is 0.0647 e. The second-order valence-electron chi connectivity index (χ2n) is 4.58. The molecule has 1 aliphatic carbocycles. The molecule has 0 spiro atoms. The van der Waals surface area contributed by atoms with E-state index in [-0.39, 0.29) is 5.60 Å². The van der Waals surface area contributed by atoms with Gasteiger partial charge in [-0.15, -0.1) is 0 Å². The van der Waals surface area contributed by atoms with E-state index in [1.165, 1.54) is 19.3 Å². The zero-order valence-electron chi connectivity index (χ0n) is 7.93. The van der Waals surface area contributed by atoms with Crippen LogP contribution in [0.15, 0.2) is 0 Å². The number of rotatable bonds is 2. The number of hydrogen-bond acceptors (Lipinski definition) is 1. The third kappa shape index (κ3) is 2.19. The topological polar surface area (TPSA) is 20.2 Å². The molecule has 0 amide bonds. The van der Waals surface area contributed by atoms with Crippen molar-refractivity contribution in [3.05, 3.63) is 0 Å². The van der Waals surface area contributed by atoms with Crippen LogP contribution < -0.4 is 0 Å². The fraction of sp³-hybridized carbons (Fsp3) is 1.00. The SMILES string of the molecule is CC(C)CC1CCCC1(C)O. The van der Waals surface area contributed by atoms with Crippen molar-refractivity contribution < 1.29 is 5.11 Å². The Labute approximate surface area is 69.8 Å². The molecular weight excluding hydrogens is 136 g/mol. The van der Waals surface area contributed by atoms with E-state index in [0.717, 1.165) is 12.3 Å². The van der Waals surface area contributed by atoms with Gasteiger partial charge in [0.2, 0.25) is 0 Å². The van der Waals surface area contributed by atoms with Gasteiger partial charge in [0, 0.05) is 0 Å². The first-order chi connectivity index (χ1) is 5.02. The molecule has 0 aliphatic heterocycles. The highest BCUT2D eigenvalue weighted by atomic mass is 16.3. The van der Waals surface area contributed by atoms with Crippen molar-refractivity contribution in [3.63, 3.8) is 0 Å². The normalized spacial score (nSPS) is 38.5. The minimum Gasteiger partial charge on any atom is -0.390 e. The Morgan fingerprint density at radius 1 is 1.55 bits per heavy atom. The smallest absolute Gasteiger partial charge is 0.0647 e. The molecule has 0 aromatic rings. The van der Waals surface area contributed by atoms with Crippen molar-refractivity contribution in [2.75, 3.05) is 0 Å². The molecule has 2 atom stereocenters. The molecule has 0 aromatic heterocycles. The highest BCUT2D eigenvalue weighted by Gasteiger charge is 2.36. The molecule has 1 fully saturated rings. The predicted molar refractivity (Wildman–Crippen MR) is 47.4 cm³/mol. The van der Waals surface area contributed by atoms with E-state index in [9.17, 15) is 5.11 Å². The summed E-state index contributed by atoms with van der Waals surface area (Å²) < 4.78 is 0. The molecule has 1 nitrogen and oxygen atoms in total. The van der Waals surface area contributed by atoms with Crippen LogP contribution >= 0.6 is 0 Å². The van der Waals surface area contributed by atoms with E-state index in [1.54, 1.807) is 0 Å². The zero-order chi connectivity index (χ0) is 8.48. The van der Waals surface area contributed by atoms with Crippen LogP contribution in [0.25, 0.3) is 0 Å². The lowest BCUT2D eigenvalue weighted by Gasteiger charge is -2.26. The van der Waals surface area contributed by atoms with Gasteiger partial charge in [0.1, 0.15) is 0 Å². The lowest BCUT2D eigenvalue weighted by Crippen LogP contribution is -2.29. The van der Waals surface area contributed by atoms with Crippen LogP contribution in [0.3, 0.4) is 0 Å². The van der Waals surface area contributed by atoms with Crippen LogP contribution in [-0.2, 0) is 0 Å². The van der Waals surface area contributed by atoms with Crippen molar-refractivity contribution in [1.29, 1.82) is 0 Å². The molecule has 0 radical (unpaired) electrons. The third-order valence-corrected chi connectivity index (χ3v) is 2.87. The fourth-order valence-corrected chi connectivity index (χ4v) is 2.16. The lowest BCUT2D eigenvalue weighted by atomic mass is 9.86. The Bertz CT molecular complexity index is 127. The molecule has 0 aromatic carbocycles. The fourth-order valence-electron chi connectivity index (χ4n) is 2.16. The van der Waals surface area contributed by atoms with Crippen molar-refractivity contribution in [3.8, 4) is 0 Å². The summed E-state index contributed by atoms with van der Waals surface area (Å²) in [5, 5.41) is 9.90. The Hall–Kier alpha value is -0.0400. The number of aliphatic hydroxyl groups is 1. The first-order valence-corrected chi connectivity index (χ1v) is 4.75. The summed E-state index contributed by atoms with van der Waals surface area (Å²) in [5.41, 5.74) is -0.357. The molecule has 1 aliphatic rings. The summed E-state index contributed by atoms with van der Waals surface area (Å²) in [6.45, 7) is 6.45. The van der Waals surface area contributed by atoms with Gasteiger partial charge < -0.3 is 5.11 Å². The highest BCUT2D eigenvalue weighted by Crippen LogP contribution is 2.38. The highest BCUT2D eigenvalue weighted by molar-refractivity contribution is 4.88. The molecule has 11 heavy (non-hydrogen) atoms. The summed E-state index contributed by atoms with van der Waals surface area (Å²) in [7, 11) is 0. The zero-order valence-corrected chi connectivity index (χ0v) is 7.93. The average molecular weight is 156 g/mol.